The molecule has 2 aromatic heterocycles. The lowest BCUT2D eigenvalue weighted by Gasteiger charge is -2.48. The number of fused-ring (bicyclic) bond motifs is 2. The Bertz CT molecular complexity index is 1420. The van der Waals surface area contributed by atoms with Crippen LogP contribution in [0.1, 0.15) is 19.4 Å². The van der Waals surface area contributed by atoms with E-state index >= 15 is 0 Å². The molecule has 0 amide bonds. The quantitative estimate of drug-likeness (QED) is 0.417. The zero-order valence-corrected chi connectivity index (χ0v) is 19.2. The van der Waals surface area contributed by atoms with Crippen molar-refractivity contribution in [3.8, 4) is 0 Å². The molecule has 1 saturated heterocycles. The van der Waals surface area contributed by atoms with Gasteiger partial charge >= 0.3 is 0 Å². The molecule has 0 saturated carbocycles. The third kappa shape index (κ3) is 3.06. The smallest absolute Gasteiger partial charge is 0.190 e. The number of hydrogen-bond acceptors (Lipinski definition) is 6. The van der Waals surface area contributed by atoms with Crippen molar-refractivity contribution >= 4 is 27.9 Å². The lowest BCUT2D eigenvalue weighted by molar-refractivity contribution is -0.144. The molecule has 0 aliphatic carbocycles. The molecular weight excluding hydrogens is 426 g/mol. The molecule has 3 heterocycles. The highest BCUT2D eigenvalue weighted by atomic mass is 16.1. The van der Waals surface area contributed by atoms with Crippen LogP contribution >= 0.6 is 0 Å². The van der Waals surface area contributed by atoms with E-state index in [1.807, 2.05) is 80.6 Å². The Morgan fingerprint density at radius 2 is 1.18 bits per heavy atom. The van der Waals surface area contributed by atoms with E-state index in [-0.39, 0.29) is 5.78 Å². The number of ketones is 1. The Labute approximate surface area is 196 Å². The van der Waals surface area contributed by atoms with Crippen LogP contribution in [0.25, 0.3) is 22.1 Å². The molecule has 1 aliphatic rings. The molecule has 1 fully saturated rings. The summed E-state index contributed by atoms with van der Waals surface area (Å²) < 4.78 is 3.58. The number of para-hydroxylation sites is 2. The van der Waals surface area contributed by atoms with E-state index in [2.05, 4.69) is 37.7 Å². The average Bonchev–Trinajstić information content (AvgIpc) is 3.48. The van der Waals surface area contributed by atoms with Gasteiger partial charge in [0.1, 0.15) is 22.1 Å². The van der Waals surface area contributed by atoms with Gasteiger partial charge in [-0.1, -0.05) is 65.0 Å². The first kappa shape index (κ1) is 20.7. The number of nitrogens with zero attached hydrogens (tertiary/aromatic N) is 7. The molecule has 2 unspecified atom stereocenters. The van der Waals surface area contributed by atoms with Gasteiger partial charge in [-0.15, -0.1) is 10.2 Å². The van der Waals surface area contributed by atoms with Gasteiger partial charge in [0.05, 0.1) is 11.0 Å². The molecule has 1 aliphatic heterocycles. The lowest BCUT2D eigenvalue weighted by Crippen LogP contribution is -2.66. The number of Topliss-reactive ketones (excluding diaryl/α,β-unsaturated/α-hetero) is 1. The third-order valence-corrected chi connectivity index (χ3v) is 6.93. The summed E-state index contributed by atoms with van der Waals surface area (Å²) in [6.45, 7) is 5.65. The standard InChI is InChI=1S/C26H25N7O/c1-25(32-22-14-8-6-12-20(22)27-29-32)17-31(16-19-10-4-3-5-11-19)18-26(2,24(25)34)33-23-15-9-7-13-21(23)28-30-33/h3-15H,16-18H2,1-2H3. The van der Waals surface area contributed by atoms with E-state index in [0.717, 1.165) is 22.1 Å². The van der Waals surface area contributed by atoms with Crippen LogP contribution < -0.4 is 0 Å². The zero-order valence-electron chi connectivity index (χ0n) is 19.2. The fraction of sp³-hybridized carbons (Fsp3) is 0.269. The predicted octanol–water partition coefficient (Wildman–Crippen LogP) is 3.39. The Morgan fingerprint density at radius 3 is 1.71 bits per heavy atom. The van der Waals surface area contributed by atoms with Crippen LogP contribution in [0.3, 0.4) is 0 Å². The van der Waals surface area contributed by atoms with Crippen LogP contribution in [-0.2, 0) is 22.4 Å². The van der Waals surface area contributed by atoms with E-state index < -0.39 is 11.1 Å². The number of benzene rings is 3. The molecule has 5 aromatic rings. The van der Waals surface area contributed by atoms with E-state index in [0.29, 0.717) is 19.6 Å². The maximum Gasteiger partial charge on any atom is 0.190 e. The van der Waals surface area contributed by atoms with Gasteiger partial charge in [-0.2, -0.15) is 0 Å². The molecule has 0 radical (unpaired) electrons. The van der Waals surface area contributed by atoms with Gasteiger partial charge in [0, 0.05) is 19.6 Å². The lowest BCUT2D eigenvalue weighted by atomic mass is 9.77. The highest BCUT2D eigenvalue weighted by Gasteiger charge is 2.55. The number of likely N-dealkylation sites (tertiary alicyclic amines) is 1. The monoisotopic (exact) mass is 451 g/mol. The Hall–Kier alpha value is -3.91. The molecule has 0 N–H and O–H groups in total. The third-order valence-electron chi connectivity index (χ3n) is 6.93. The summed E-state index contributed by atoms with van der Waals surface area (Å²) in [4.78, 5) is 16.8. The minimum absolute atomic E-state index is 0.0376. The van der Waals surface area contributed by atoms with Gasteiger partial charge in [-0.05, 0) is 43.7 Å². The van der Waals surface area contributed by atoms with Gasteiger partial charge in [0.2, 0.25) is 0 Å². The summed E-state index contributed by atoms with van der Waals surface area (Å²) in [6.07, 6.45) is 0. The van der Waals surface area contributed by atoms with Crippen LogP contribution in [0.15, 0.2) is 78.9 Å². The van der Waals surface area contributed by atoms with Crippen molar-refractivity contribution in [2.24, 2.45) is 0 Å². The van der Waals surface area contributed by atoms with Crippen molar-refractivity contribution < 1.29 is 4.79 Å². The van der Waals surface area contributed by atoms with E-state index in [9.17, 15) is 4.79 Å². The van der Waals surface area contributed by atoms with Crippen LogP contribution in [0.2, 0.25) is 0 Å². The van der Waals surface area contributed by atoms with Crippen molar-refractivity contribution in [2.45, 2.75) is 31.5 Å². The second-order valence-corrected chi connectivity index (χ2v) is 9.49. The second-order valence-electron chi connectivity index (χ2n) is 9.49. The summed E-state index contributed by atoms with van der Waals surface area (Å²) in [5.74, 6) is 0.0376. The van der Waals surface area contributed by atoms with Gasteiger partial charge < -0.3 is 0 Å². The van der Waals surface area contributed by atoms with Crippen molar-refractivity contribution in [1.82, 2.24) is 34.9 Å². The minimum atomic E-state index is -0.953. The molecule has 8 nitrogen and oxygen atoms in total. The Morgan fingerprint density at radius 1 is 0.706 bits per heavy atom. The Balaban J connectivity index is 1.52. The summed E-state index contributed by atoms with van der Waals surface area (Å²) in [5.41, 5.74) is 2.50. The second kappa shape index (κ2) is 7.56. The van der Waals surface area contributed by atoms with Crippen LogP contribution in [0.5, 0.6) is 0 Å². The fourth-order valence-electron chi connectivity index (χ4n) is 5.40. The molecule has 2 atom stereocenters. The van der Waals surface area contributed by atoms with Crippen molar-refractivity contribution in [1.29, 1.82) is 0 Å². The summed E-state index contributed by atoms with van der Waals surface area (Å²) in [7, 11) is 0. The van der Waals surface area contributed by atoms with Crippen molar-refractivity contribution in [2.75, 3.05) is 13.1 Å². The van der Waals surface area contributed by atoms with Gasteiger partial charge in [-0.25, -0.2) is 9.36 Å². The molecule has 8 heteroatoms. The highest BCUT2D eigenvalue weighted by molar-refractivity contribution is 5.96. The maximum absolute atomic E-state index is 14.4. The number of carbonyl (C=O) groups is 1. The summed E-state index contributed by atoms with van der Waals surface area (Å²) >= 11 is 0. The van der Waals surface area contributed by atoms with Crippen molar-refractivity contribution in [3.05, 3.63) is 84.4 Å². The molecule has 0 spiro atoms. The van der Waals surface area contributed by atoms with E-state index in [1.54, 1.807) is 9.36 Å². The molecule has 6 rings (SSSR count). The van der Waals surface area contributed by atoms with Gasteiger partial charge in [0.25, 0.3) is 0 Å². The topological polar surface area (TPSA) is 81.7 Å². The SMILES string of the molecule is CC1(n2nnc3ccccc32)CN(Cc2ccccc2)CC(C)(n2nnc3ccccc32)C1=O. The largest absolute Gasteiger partial charge is 0.294 e. The normalized spacial score (nSPS) is 23.6. The molecule has 3 aromatic carbocycles. The number of aromatic nitrogens is 6. The van der Waals surface area contributed by atoms with Gasteiger partial charge in [0.15, 0.2) is 5.78 Å². The number of carbonyl (C=O) groups excluding carboxylic acids is 1. The van der Waals surface area contributed by atoms with Gasteiger partial charge in [-0.3, -0.25) is 9.69 Å². The molecule has 34 heavy (non-hydrogen) atoms. The van der Waals surface area contributed by atoms with Crippen molar-refractivity contribution in [3.63, 3.8) is 0 Å². The number of rotatable bonds is 4. The first-order chi connectivity index (χ1) is 16.5. The highest BCUT2D eigenvalue weighted by Crippen LogP contribution is 2.38. The van der Waals surface area contributed by atoms with Crippen LogP contribution in [-0.4, -0.2) is 53.8 Å². The van der Waals surface area contributed by atoms with E-state index in [1.165, 1.54) is 5.56 Å². The number of hydrogen-bond donors (Lipinski definition) is 0. The molecule has 0 bridgehead atoms. The molecule has 170 valence electrons. The maximum atomic E-state index is 14.4. The first-order valence-corrected chi connectivity index (χ1v) is 11.4. The summed E-state index contributed by atoms with van der Waals surface area (Å²) in [5, 5.41) is 17.6. The average molecular weight is 452 g/mol. The van der Waals surface area contributed by atoms with Crippen LogP contribution in [0.4, 0.5) is 0 Å². The fourth-order valence-corrected chi connectivity index (χ4v) is 5.40. The minimum Gasteiger partial charge on any atom is -0.294 e. The van der Waals surface area contributed by atoms with Crippen LogP contribution in [0, 0.1) is 0 Å². The Kier molecular flexibility index (Phi) is 4.60. The molecular formula is C26H25N7O. The zero-order chi connectivity index (χ0) is 23.3. The summed E-state index contributed by atoms with van der Waals surface area (Å²) in [6, 6.07) is 25.8. The first-order valence-electron chi connectivity index (χ1n) is 11.4. The predicted molar refractivity (Wildman–Crippen MR) is 129 cm³/mol. The number of piperidine rings is 1. The van der Waals surface area contributed by atoms with E-state index in [4.69, 9.17) is 0 Å².